The number of ether oxygens (including phenoxy) is 3. The molecule has 1 heterocycles. The highest BCUT2D eigenvalue weighted by Crippen LogP contribution is 2.22. The number of benzene rings is 1. The highest BCUT2D eigenvalue weighted by Gasteiger charge is 2.28. The van der Waals surface area contributed by atoms with Crippen LogP contribution in [0.4, 0.5) is 9.59 Å². The molecule has 1 aliphatic rings. The number of hydrogen-bond donors (Lipinski definition) is 1. The Morgan fingerprint density at radius 1 is 1.28 bits per heavy atom. The molecule has 162 valence electrons. The fraction of sp³-hybridized carbons (Fsp3) is 0.636. The lowest BCUT2D eigenvalue weighted by Gasteiger charge is -2.34. The van der Waals surface area contributed by atoms with Gasteiger partial charge in [-0.1, -0.05) is 30.3 Å². The molecule has 0 aliphatic carbocycles. The zero-order valence-corrected chi connectivity index (χ0v) is 18.0. The van der Waals surface area contributed by atoms with E-state index in [9.17, 15) is 9.59 Å². The van der Waals surface area contributed by atoms with Crippen LogP contribution in [0.5, 0.6) is 0 Å². The molecule has 1 N–H and O–H groups in total. The van der Waals surface area contributed by atoms with Crippen molar-refractivity contribution >= 4 is 12.2 Å². The number of rotatable bonds is 7. The summed E-state index contributed by atoms with van der Waals surface area (Å²) in [4.78, 5) is 26.2. The van der Waals surface area contributed by atoms with Gasteiger partial charge in [0.15, 0.2) is 0 Å². The second-order valence-electron chi connectivity index (χ2n) is 8.51. The van der Waals surface area contributed by atoms with Gasteiger partial charge in [0.2, 0.25) is 0 Å². The maximum absolute atomic E-state index is 12.5. The topological polar surface area (TPSA) is 77.1 Å². The highest BCUT2D eigenvalue weighted by molar-refractivity contribution is 5.69. The molecule has 1 aromatic carbocycles. The summed E-state index contributed by atoms with van der Waals surface area (Å²) < 4.78 is 16.3. The number of carbonyl (C=O) groups excluding carboxylic acids is 2. The Labute approximate surface area is 173 Å². The second-order valence-corrected chi connectivity index (χ2v) is 8.51. The fourth-order valence-corrected chi connectivity index (χ4v) is 3.21. The summed E-state index contributed by atoms with van der Waals surface area (Å²) >= 11 is 0. The molecule has 1 fully saturated rings. The van der Waals surface area contributed by atoms with Gasteiger partial charge in [0.1, 0.15) is 12.2 Å². The van der Waals surface area contributed by atoms with Gasteiger partial charge in [0.25, 0.3) is 0 Å². The zero-order chi connectivity index (χ0) is 21.3. The van der Waals surface area contributed by atoms with Crippen LogP contribution in [0.15, 0.2) is 30.3 Å². The number of alkyl carbamates (subject to hydrolysis) is 1. The SMILES string of the molecule is CN(C(=O)OC(C)(C)C)C(CNC(=O)OCc1ccccc1)CC1CCCOC1. The zero-order valence-electron chi connectivity index (χ0n) is 18.0. The van der Waals surface area contributed by atoms with E-state index >= 15 is 0 Å². The van der Waals surface area contributed by atoms with E-state index in [1.165, 1.54) is 0 Å². The van der Waals surface area contributed by atoms with Crippen LogP contribution in [0.25, 0.3) is 0 Å². The number of nitrogens with one attached hydrogen (secondary N) is 1. The van der Waals surface area contributed by atoms with Crippen LogP contribution < -0.4 is 5.32 Å². The van der Waals surface area contributed by atoms with Gasteiger partial charge in [-0.25, -0.2) is 9.59 Å². The van der Waals surface area contributed by atoms with Crippen LogP contribution in [0.3, 0.4) is 0 Å². The van der Waals surface area contributed by atoms with E-state index in [1.54, 1.807) is 11.9 Å². The summed E-state index contributed by atoms with van der Waals surface area (Å²) in [7, 11) is 1.71. The van der Waals surface area contributed by atoms with E-state index < -0.39 is 17.8 Å². The van der Waals surface area contributed by atoms with E-state index in [1.807, 2.05) is 51.1 Å². The summed E-state index contributed by atoms with van der Waals surface area (Å²) in [6.07, 6.45) is 1.89. The minimum Gasteiger partial charge on any atom is -0.445 e. The average molecular weight is 407 g/mol. The van der Waals surface area contributed by atoms with Crippen molar-refractivity contribution in [3.05, 3.63) is 35.9 Å². The lowest BCUT2D eigenvalue weighted by atomic mass is 9.94. The molecule has 29 heavy (non-hydrogen) atoms. The van der Waals surface area contributed by atoms with Crippen molar-refractivity contribution in [2.24, 2.45) is 5.92 Å². The summed E-state index contributed by atoms with van der Waals surface area (Å²) in [6, 6.07) is 9.30. The third-order valence-corrected chi connectivity index (χ3v) is 4.78. The first-order chi connectivity index (χ1) is 13.7. The number of hydrogen-bond acceptors (Lipinski definition) is 5. The van der Waals surface area contributed by atoms with Crippen molar-refractivity contribution in [2.45, 2.75) is 58.3 Å². The number of carbonyl (C=O) groups is 2. The minimum atomic E-state index is -0.577. The highest BCUT2D eigenvalue weighted by atomic mass is 16.6. The summed E-state index contributed by atoms with van der Waals surface area (Å²) in [5, 5.41) is 2.79. The Morgan fingerprint density at radius 2 is 2.00 bits per heavy atom. The van der Waals surface area contributed by atoms with Crippen LogP contribution in [-0.2, 0) is 20.8 Å². The van der Waals surface area contributed by atoms with Crippen LogP contribution in [0, 0.1) is 5.92 Å². The smallest absolute Gasteiger partial charge is 0.410 e. The molecule has 0 aromatic heterocycles. The maximum Gasteiger partial charge on any atom is 0.410 e. The first-order valence-corrected chi connectivity index (χ1v) is 10.2. The molecule has 1 aliphatic heterocycles. The van der Waals surface area contributed by atoms with Crippen molar-refractivity contribution in [1.29, 1.82) is 0 Å². The Bertz CT molecular complexity index is 638. The lowest BCUT2D eigenvalue weighted by molar-refractivity contribution is 0.0111. The summed E-state index contributed by atoms with van der Waals surface area (Å²) in [5.41, 5.74) is 0.343. The summed E-state index contributed by atoms with van der Waals surface area (Å²) in [6.45, 7) is 7.46. The predicted molar refractivity (Wildman–Crippen MR) is 111 cm³/mol. The van der Waals surface area contributed by atoms with Gasteiger partial charge in [-0.2, -0.15) is 0 Å². The first-order valence-electron chi connectivity index (χ1n) is 10.2. The molecule has 2 amide bonds. The van der Waals surface area contributed by atoms with Crippen LogP contribution >= 0.6 is 0 Å². The molecule has 7 heteroatoms. The molecule has 2 unspecified atom stereocenters. The second kappa shape index (κ2) is 11.0. The van der Waals surface area contributed by atoms with E-state index in [4.69, 9.17) is 14.2 Å². The molecule has 1 aromatic rings. The van der Waals surface area contributed by atoms with E-state index in [0.29, 0.717) is 19.1 Å². The Balaban J connectivity index is 1.90. The maximum atomic E-state index is 12.5. The first kappa shape index (κ1) is 23.0. The van der Waals surface area contributed by atoms with Crippen molar-refractivity contribution < 1.29 is 23.8 Å². The largest absolute Gasteiger partial charge is 0.445 e. The number of amides is 2. The molecule has 2 atom stereocenters. The monoisotopic (exact) mass is 406 g/mol. The van der Waals surface area contributed by atoms with Crippen LogP contribution in [0.2, 0.25) is 0 Å². The Hall–Kier alpha value is -2.28. The molecular formula is C22H34N2O5. The number of likely N-dealkylation sites (N-methyl/N-ethyl adjacent to an activating group) is 1. The molecule has 0 spiro atoms. The molecule has 0 bridgehead atoms. The molecule has 7 nitrogen and oxygen atoms in total. The molecule has 0 saturated carbocycles. The van der Waals surface area contributed by atoms with Crippen LogP contribution in [0.1, 0.15) is 45.6 Å². The van der Waals surface area contributed by atoms with Gasteiger partial charge in [-0.15, -0.1) is 0 Å². The van der Waals surface area contributed by atoms with E-state index in [0.717, 1.165) is 31.4 Å². The van der Waals surface area contributed by atoms with E-state index in [-0.39, 0.29) is 12.6 Å². The summed E-state index contributed by atoms with van der Waals surface area (Å²) in [5.74, 6) is 0.348. The van der Waals surface area contributed by atoms with Gasteiger partial charge >= 0.3 is 12.2 Å². The Morgan fingerprint density at radius 3 is 2.62 bits per heavy atom. The Kier molecular flexibility index (Phi) is 8.76. The van der Waals surface area contributed by atoms with Gasteiger partial charge in [0.05, 0.1) is 6.04 Å². The van der Waals surface area contributed by atoms with Crippen molar-refractivity contribution in [3.63, 3.8) is 0 Å². The van der Waals surface area contributed by atoms with Gasteiger partial charge in [-0.05, 0) is 51.5 Å². The minimum absolute atomic E-state index is 0.204. The molecule has 2 rings (SSSR count). The van der Waals surface area contributed by atoms with Gasteiger partial charge in [-0.3, -0.25) is 0 Å². The normalized spacial score (nSPS) is 17.9. The predicted octanol–water partition coefficient (Wildman–Crippen LogP) is 3.97. The third-order valence-electron chi connectivity index (χ3n) is 4.78. The lowest BCUT2D eigenvalue weighted by Crippen LogP contribution is -2.48. The molecule has 1 saturated heterocycles. The fourth-order valence-electron chi connectivity index (χ4n) is 3.21. The number of nitrogens with zero attached hydrogens (tertiary/aromatic N) is 1. The van der Waals surface area contributed by atoms with Gasteiger partial charge in [0, 0.05) is 26.8 Å². The third kappa shape index (κ3) is 8.73. The van der Waals surface area contributed by atoms with Gasteiger partial charge < -0.3 is 24.4 Å². The molecule has 0 radical (unpaired) electrons. The standard InChI is InChI=1S/C22H34N2O5/c1-22(2,3)29-21(26)24(4)19(13-18-11-8-12-27-15-18)14-23-20(25)28-16-17-9-6-5-7-10-17/h5-7,9-10,18-19H,8,11-16H2,1-4H3,(H,23,25). The molecular weight excluding hydrogens is 372 g/mol. The average Bonchev–Trinajstić information content (AvgIpc) is 2.69. The van der Waals surface area contributed by atoms with Crippen molar-refractivity contribution in [1.82, 2.24) is 10.2 Å². The van der Waals surface area contributed by atoms with Crippen LogP contribution in [-0.4, -0.2) is 55.5 Å². The quantitative estimate of drug-likeness (QED) is 0.741. The van der Waals surface area contributed by atoms with E-state index in [2.05, 4.69) is 5.32 Å². The van der Waals surface area contributed by atoms with Crippen molar-refractivity contribution in [3.8, 4) is 0 Å². The van der Waals surface area contributed by atoms with Crippen molar-refractivity contribution in [2.75, 3.05) is 26.8 Å².